The Morgan fingerprint density at radius 3 is 2.23 bits per heavy atom. The molecule has 0 saturated carbocycles. The largest absolute Gasteiger partial charge is 0.497 e. The van der Waals surface area contributed by atoms with E-state index in [1.165, 1.54) is 64.5 Å². The first-order valence-electron chi connectivity index (χ1n) is 12.5. The summed E-state index contributed by atoms with van der Waals surface area (Å²) >= 11 is 0. The summed E-state index contributed by atoms with van der Waals surface area (Å²) in [6.07, 6.45) is 2.62. The monoisotopic (exact) mass is 465 g/mol. The smallest absolute Gasteiger partial charge is 0.119 e. The zero-order valence-corrected chi connectivity index (χ0v) is 20.4. The zero-order chi connectivity index (χ0) is 23.8. The molecule has 1 aliphatic heterocycles. The van der Waals surface area contributed by atoms with Crippen molar-refractivity contribution in [2.45, 2.75) is 18.8 Å². The molecule has 2 aliphatic rings. The fourth-order valence-electron chi connectivity index (χ4n) is 5.71. The second kappa shape index (κ2) is 9.27. The highest BCUT2D eigenvalue weighted by atomic mass is 16.5. The van der Waals surface area contributed by atoms with Crippen molar-refractivity contribution in [1.29, 1.82) is 0 Å². The average molecular weight is 466 g/mol. The molecule has 35 heavy (non-hydrogen) atoms. The summed E-state index contributed by atoms with van der Waals surface area (Å²) < 4.78 is 17.1. The van der Waals surface area contributed by atoms with Gasteiger partial charge in [-0.2, -0.15) is 0 Å². The van der Waals surface area contributed by atoms with Crippen LogP contribution in [0.2, 0.25) is 0 Å². The Balaban J connectivity index is 1.37. The third-order valence-electron chi connectivity index (χ3n) is 7.51. The van der Waals surface area contributed by atoms with Crippen molar-refractivity contribution >= 4 is 10.8 Å². The summed E-state index contributed by atoms with van der Waals surface area (Å²) in [6.45, 7) is 4.14. The lowest BCUT2D eigenvalue weighted by Gasteiger charge is -2.18. The molecule has 6 rings (SSSR count). The number of ether oxygens (including phenoxy) is 3. The van der Waals surface area contributed by atoms with Crippen LogP contribution in [0.15, 0.2) is 72.8 Å². The van der Waals surface area contributed by atoms with Gasteiger partial charge in [-0.1, -0.05) is 36.4 Å². The van der Waals surface area contributed by atoms with Crippen molar-refractivity contribution < 1.29 is 14.2 Å². The Morgan fingerprint density at radius 2 is 1.46 bits per heavy atom. The predicted molar refractivity (Wildman–Crippen MR) is 141 cm³/mol. The van der Waals surface area contributed by atoms with Gasteiger partial charge in [0.2, 0.25) is 0 Å². The molecular formula is C31H31NO3. The van der Waals surface area contributed by atoms with Crippen LogP contribution in [-0.2, 0) is 0 Å². The minimum Gasteiger partial charge on any atom is -0.497 e. The number of rotatable bonds is 7. The summed E-state index contributed by atoms with van der Waals surface area (Å²) in [5.74, 6) is 2.85. The van der Waals surface area contributed by atoms with Crippen LogP contribution in [-0.4, -0.2) is 45.4 Å². The fraction of sp³-hybridized carbons (Fsp3) is 0.290. The Morgan fingerprint density at radius 1 is 0.743 bits per heavy atom. The van der Waals surface area contributed by atoms with E-state index in [2.05, 4.69) is 77.7 Å². The van der Waals surface area contributed by atoms with Crippen molar-refractivity contribution in [2.24, 2.45) is 0 Å². The second-order valence-electron chi connectivity index (χ2n) is 9.47. The van der Waals surface area contributed by atoms with Crippen molar-refractivity contribution in [3.05, 3.63) is 89.5 Å². The van der Waals surface area contributed by atoms with Gasteiger partial charge < -0.3 is 14.2 Å². The summed E-state index contributed by atoms with van der Waals surface area (Å²) in [5.41, 5.74) is 6.44. The minimum absolute atomic E-state index is 0.154. The number of hydrogen-bond acceptors (Lipinski definition) is 4. The maximum absolute atomic E-state index is 6.08. The molecule has 1 saturated heterocycles. The lowest BCUT2D eigenvalue weighted by atomic mass is 9.86. The van der Waals surface area contributed by atoms with Crippen LogP contribution in [0, 0.1) is 0 Å². The lowest BCUT2D eigenvalue weighted by molar-refractivity contribution is 0.238. The first kappa shape index (κ1) is 22.0. The maximum Gasteiger partial charge on any atom is 0.119 e. The molecule has 0 aromatic heterocycles. The Hall–Kier alpha value is -3.50. The van der Waals surface area contributed by atoms with Crippen LogP contribution in [0.3, 0.4) is 0 Å². The number of hydrogen-bond donors (Lipinski definition) is 0. The predicted octanol–water partition coefficient (Wildman–Crippen LogP) is 6.49. The molecular weight excluding hydrogens is 434 g/mol. The molecule has 1 aliphatic carbocycles. The molecule has 1 heterocycles. The van der Waals surface area contributed by atoms with Crippen molar-refractivity contribution in [3.63, 3.8) is 0 Å². The van der Waals surface area contributed by atoms with Crippen molar-refractivity contribution in [3.8, 4) is 28.4 Å². The SMILES string of the molecule is COc1ccc2c(c1)-c1ccc3cc(OC)ccc3c1C2c1ccc(OCCN2CCCC2)cc1. The van der Waals surface area contributed by atoms with Gasteiger partial charge in [0.15, 0.2) is 0 Å². The molecule has 4 aromatic carbocycles. The summed E-state index contributed by atoms with van der Waals surface area (Å²) in [5, 5.41) is 2.45. The summed E-state index contributed by atoms with van der Waals surface area (Å²) in [7, 11) is 3.44. The average Bonchev–Trinajstić information content (AvgIpc) is 3.54. The van der Waals surface area contributed by atoms with Gasteiger partial charge >= 0.3 is 0 Å². The molecule has 0 amide bonds. The number of likely N-dealkylation sites (tertiary alicyclic amines) is 1. The molecule has 0 radical (unpaired) electrons. The van der Waals surface area contributed by atoms with Crippen LogP contribution in [0.5, 0.6) is 17.2 Å². The third-order valence-corrected chi connectivity index (χ3v) is 7.51. The van der Waals surface area contributed by atoms with E-state index in [0.717, 1.165) is 30.4 Å². The third kappa shape index (κ3) is 4.02. The van der Waals surface area contributed by atoms with Gasteiger partial charge in [-0.05, 0) is 101 Å². The Kier molecular flexibility index (Phi) is 5.83. The molecule has 178 valence electrons. The quantitative estimate of drug-likeness (QED) is 0.275. The molecule has 0 spiro atoms. The highest BCUT2D eigenvalue weighted by Crippen LogP contribution is 2.51. The van der Waals surface area contributed by atoms with Gasteiger partial charge in [-0.15, -0.1) is 0 Å². The first-order valence-corrected chi connectivity index (χ1v) is 12.5. The number of methoxy groups -OCH3 is 2. The van der Waals surface area contributed by atoms with Gasteiger partial charge in [0.1, 0.15) is 23.9 Å². The van der Waals surface area contributed by atoms with E-state index < -0.39 is 0 Å². The number of nitrogens with zero attached hydrogens (tertiary/aromatic N) is 1. The highest BCUT2D eigenvalue weighted by molar-refractivity contribution is 5.98. The number of benzene rings is 4. The molecule has 1 fully saturated rings. The molecule has 4 aromatic rings. The van der Waals surface area contributed by atoms with Gasteiger partial charge in [-0.3, -0.25) is 4.90 Å². The molecule has 4 nitrogen and oxygen atoms in total. The lowest BCUT2D eigenvalue weighted by Crippen LogP contribution is -2.25. The normalized spacial score (nSPS) is 16.8. The van der Waals surface area contributed by atoms with E-state index in [1.54, 1.807) is 14.2 Å². The zero-order valence-electron chi connectivity index (χ0n) is 20.4. The van der Waals surface area contributed by atoms with Crippen LogP contribution in [0.1, 0.15) is 35.4 Å². The minimum atomic E-state index is 0.154. The van der Waals surface area contributed by atoms with E-state index in [0.29, 0.717) is 0 Å². The molecule has 1 atom stereocenters. The van der Waals surface area contributed by atoms with E-state index in [9.17, 15) is 0 Å². The van der Waals surface area contributed by atoms with Gasteiger partial charge in [-0.25, -0.2) is 0 Å². The van der Waals surface area contributed by atoms with Crippen molar-refractivity contribution in [2.75, 3.05) is 40.5 Å². The topological polar surface area (TPSA) is 30.9 Å². The van der Waals surface area contributed by atoms with E-state index in [4.69, 9.17) is 14.2 Å². The van der Waals surface area contributed by atoms with Gasteiger partial charge in [0.05, 0.1) is 14.2 Å². The van der Waals surface area contributed by atoms with E-state index >= 15 is 0 Å². The summed E-state index contributed by atoms with van der Waals surface area (Å²) in [4.78, 5) is 2.48. The molecule has 1 unspecified atom stereocenters. The highest BCUT2D eigenvalue weighted by Gasteiger charge is 2.32. The molecule has 4 heteroatoms. The van der Waals surface area contributed by atoms with Crippen molar-refractivity contribution in [1.82, 2.24) is 4.90 Å². The molecule has 0 N–H and O–H groups in total. The van der Waals surface area contributed by atoms with E-state index in [1.807, 2.05) is 0 Å². The van der Waals surface area contributed by atoms with Crippen LogP contribution >= 0.6 is 0 Å². The summed E-state index contributed by atoms with van der Waals surface area (Å²) in [6, 6.07) is 25.9. The van der Waals surface area contributed by atoms with Gasteiger partial charge in [0, 0.05) is 12.5 Å². The fourth-order valence-corrected chi connectivity index (χ4v) is 5.71. The Bertz CT molecular complexity index is 1360. The Labute approximate surface area is 207 Å². The maximum atomic E-state index is 6.08. The van der Waals surface area contributed by atoms with Crippen LogP contribution < -0.4 is 14.2 Å². The standard InChI is InChI=1S/C31H31NO3/c1-33-24-10-13-26-22(19-24)7-12-28-29-20-25(34-2)11-14-27(29)30(31(26)28)21-5-8-23(9-6-21)35-18-17-32-15-3-4-16-32/h5-14,19-20,30H,3-4,15-18H2,1-2H3. The van der Waals surface area contributed by atoms with Crippen LogP contribution in [0.4, 0.5) is 0 Å². The van der Waals surface area contributed by atoms with E-state index in [-0.39, 0.29) is 5.92 Å². The van der Waals surface area contributed by atoms with Crippen LogP contribution in [0.25, 0.3) is 21.9 Å². The second-order valence-corrected chi connectivity index (χ2v) is 9.47. The molecule has 0 bridgehead atoms. The number of fused-ring (bicyclic) bond motifs is 5. The van der Waals surface area contributed by atoms with Gasteiger partial charge in [0.25, 0.3) is 0 Å². The first-order chi connectivity index (χ1) is 17.2.